The maximum atomic E-state index is 5.54. The van der Waals surface area contributed by atoms with Gasteiger partial charge in [0.05, 0.1) is 13.2 Å². The highest BCUT2D eigenvalue weighted by Crippen LogP contribution is 2.21. The Labute approximate surface area is 162 Å². The number of aliphatic imine (C=N–C) groups is 1. The third-order valence-corrected chi connectivity index (χ3v) is 5.47. The van der Waals surface area contributed by atoms with E-state index in [9.17, 15) is 0 Å². The van der Waals surface area contributed by atoms with E-state index >= 15 is 0 Å². The highest BCUT2D eigenvalue weighted by Gasteiger charge is 2.23. The highest BCUT2D eigenvalue weighted by atomic mass is 16.5. The lowest BCUT2D eigenvalue weighted by Crippen LogP contribution is -2.53. The van der Waals surface area contributed by atoms with Crippen LogP contribution in [-0.2, 0) is 11.2 Å². The van der Waals surface area contributed by atoms with Gasteiger partial charge in [-0.2, -0.15) is 0 Å². The summed E-state index contributed by atoms with van der Waals surface area (Å²) in [6.45, 7) is 11.0. The number of nitrogens with one attached hydrogen (secondary N) is 3. The highest BCUT2D eigenvalue weighted by molar-refractivity contribution is 5.84. The van der Waals surface area contributed by atoms with Crippen LogP contribution in [0.1, 0.15) is 25.1 Å². The summed E-state index contributed by atoms with van der Waals surface area (Å²) >= 11 is 0. The summed E-state index contributed by atoms with van der Waals surface area (Å²) in [4.78, 5) is 10.3. The molecule has 1 aliphatic rings. The number of H-pyrrole nitrogens is 1. The zero-order valence-electron chi connectivity index (χ0n) is 17.0. The topological polar surface area (TPSA) is 64.7 Å². The molecule has 1 saturated heterocycles. The van der Waals surface area contributed by atoms with Gasteiger partial charge in [-0.05, 0) is 38.8 Å². The fourth-order valence-corrected chi connectivity index (χ4v) is 3.94. The average Bonchev–Trinajstić information content (AvgIpc) is 3.00. The number of aryl methyl sites for hydroxylation is 1. The van der Waals surface area contributed by atoms with Gasteiger partial charge < -0.3 is 20.4 Å². The van der Waals surface area contributed by atoms with Crippen molar-refractivity contribution >= 4 is 16.9 Å². The Morgan fingerprint density at radius 2 is 2.19 bits per heavy atom. The second-order valence-corrected chi connectivity index (χ2v) is 7.41. The largest absolute Gasteiger partial charge is 0.379 e. The SMILES string of the molecule is CN=C(NCCc1c(C)[nH]c2ccccc12)NCC(C)N1CCOCC1C. The molecular weight excluding hydrogens is 338 g/mol. The van der Waals surface area contributed by atoms with Gasteiger partial charge in [-0.3, -0.25) is 9.89 Å². The van der Waals surface area contributed by atoms with Gasteiger partial charge in [-0.15, -0.1) is 0 Å². The zero-order valence-corrected chi connectivity index (χ0v) is 17.0. The van der Waals surface area contributed by atoms with Gasteiger partial charge in [0.15, 0.2) is 5.96 Å². The van der Waals surface area contributed by atoms with Gasteiger partial charge in [0.2, 0.25) is 0 Å². The van der Waals surface area contributed by atoms with Crippen molar-refractivity contribution in [1.29, 1.82) is 0 Å². The van der Waals surface area contributed by atoms with Crippen LogP contribution in [0.4, 0.5) is 0 Å². The molecule has 3 rings (SSSR count). The first-order valence-corrected chi connectivity index (χ1v) is 9.94. The Hall–Kier alpha value is -2.05. The molecule has 1 aliphatic heterocycles. The quantitative estimate of drug-likeness (QED) is 0.538. The first-order valence-electron chi connectivity index (χ1n) is 9.94. The molecule has 148 valence electrons. The average molecular weight is 372 g/mol. The molecule has 2 unspecified atom stereocenters. The van der Waals surface area contributed by atoms with E-state index in [0.717, 1.165) is 45.2 Å². The number of nitrogens with zero attached hydrogens (tertiary/aromatic N) is 2. The molecule has 1 aromatic heterocycles. The summed E-state index contributed by atoms with van der Waals surface area (Å²) < 4.78 is 5.54. The summed E-state index contributed by atoms with van der Waals surface area (Å²) in [7, 11) is 1.83. The van der Waals surface area contributed by atoms with Crippen molar-refractivity contribution in [2.75, 3.05) is 39.9 Å². The van der Waals surface area contributed by atoms with Crippen LogP contribution in [0.3, 0.4) is 0 Å². The van der Waals surface area contributed by atoms with Crippen molar-refractivity contribution in [1.82, 2.24) is 20.5 Å². The number of fused-ring (bicyclic) bond motifs is 1. The number of benzene rings is 1. The number of aromatic amines is 1. The van der Waals surface area contributed by atoms with Crippen LogP contribution in [0, 0.1) is 6.92 Å². The normalized spacial score (nSPS) is 20.0. The summed E-state index contributed by atoms with van der Waals surface area (Å²) in [6.07, 6.45) is 0.965. The summed E-state index contributed by atoms with van der Waals surface area (Å²) in [5.41, 5.74) is 3.83. The lowest BCUT2D eigenvalue weighted by Gasteiger charge is -2.38. The molecule has 0 spiro atoms. The predicted molar refractivity (Wildman–Crippen MR) is 113 cm³/mol. The van der Waals surface area contributed by atoms with Crippen molar-refractivity contribution in [3.8, 4) is 0 Å². The monoisotopic (exact) mass is 371 g/mol. The molecule has 0 aliphatic carbocycles. The smallest absolute Gasteiger partial charge is 0.191 e. The van der Waals surface area contributed by atoms with E-state index in [4.69, 9.17) is 4.74 Å². The minimum atomic E-state index is 0.443. The zero-order chi connectivity index (χ0) is 19.2. The molecule has 1 aromatic carbocycles. The number of rotatable bonds is 6. The van der Waals surface area contributed by atoms with Gasteiger partial charge in [0, 0.05) is 55.4 Å². The van der Waals surface area contributed by atoms with Crippen LogP contribution in [0.2, 0.25) is 0 Å². The minimum Gasteiger partial charge on any atom is -0.379 e. The molecule has 0 bridgehead atoms. The standard InChI is InChI=1S/C21H33N5O/c1-15(26-11-12-27-14-16(26)2)13-24-21(22-4)23-10-9-18-17(3)25-20-8-6-5-7-19(18)20/h5-8,15-16,25H,9-14H2,1-4H3,(H2,22,23,24). The third kappa shape index (κ3) is 4.82. The van der Waals surface area contributed by atoms with E-state index in [2.05, 4.69) is 70.5 Å². The molecule has 1 fully saturated rings. The number of guanidine groups is 1. The van der Waals surface area contributed by atoms with E-state index in [1.165, 1.54) is 22.2 Å². The number of morpholine rings is 1. The predicted octanol–water partition coefficient (Wildman–Crippen LogP) is 2.29. The molecule has 3 N–H and O–H groups in total. The van der Waals surface area contributed by atoms with Crippen molar-refractivity contribution in [3.63, 3.8) is 0 Å². The van der Waals surface area contributed by atoms with Gasteiger partial charge in [-0.1, -0.05) is 18.2 Å². The van der Waals surface area contributed by atoms with E-state index in [1.54, 1.807) is 0 Å². The van der Waals surface area contributed by atoms with Gasteiger partial charge in [0.1, 0.15) is 0 Å². The maximum absolute atomic E-state index is 5.54. The van der Waals surface area contributed by atoms with Crippen LogP contribution in [0.5, 0.6) is 0 Å². The van der Waals surface area contributed by atoms with Crippen molar-refractivity contribution in [2.24, 2.45) is 4.99 Å². The molecular formula is C21H33N5O. The van der Waals surface area contributed by atoms with E-state index < -0.39 is 0 Å². The van der Waals surface area contributed by atoms with E-state index in [1.807, 2.05) is 7.05 Å². The van der Waals surface area contributed by atoms with Crippen molar-refractivity contribution < 1.29 is 4.74 Å². The minimum absolute atomic E-state index is 0.443. The Balaban J connectivity index is 1.48. The maximum Gasteiger partial charge on any atom is 0.191 e. The number of para-hydroxylation sites is 1. The number of aromatic nitrogens is 1. The molecule has 6 heteroatoms. The Morgan fingerprint density at radius 3 is 2.96 bits per heavy atom. The molecule has 0 radical (unpaired) electrons. The molecule has 2 heterocycles. The molecule has 27 heavy (non-hydrogen) atoms. The molecule has 0 saturated carbocycles. The number of hydrogen-bond acceptors (Lipinski definition) is 3. The fourth-order valence-electron chi connectivity index (χ4n) is 3.94. The van der Waals surface area contributed by atoms with Crippen LogP contribution >= 0.6 is 0 Å². The molecule has 0 amide bonds. The summed E-state index contributed by atoms with van der Waals surface area (Å²) in [5, 5.41) is 8.23. The first kappa shape index (κ1) is 19.7. The van der Waals surface area contributed by atoms with Crippen LogP contribution < -0.4 is 10.6 Å². The lowest BCUT2D eigenvalue weighted by molar-refractivity contribution is -0.0174. The van der Waals surface area contributed by atoms with Crippen LogP contribution in [0.15, 0.2) is 29.3 Å². The number of ether oxygens (including phenoxy) is 1. The fraction of sp³-hybridized carbons (Fsp3) is 0.571. The van der Waals surface area contributed by atoms with Gasteiger partial charge in [-0.25, -0.2) is 0 Å². The molecule has 2 aromatic rings. The second-order valence-electron chi connectivity index (χ2n) is 7.41. The van der Waals surface area contributed by atoms with Gasteiger partial charge in [0.25, 0.3) is 0 Å². The molecule has 6 nitrogen and oxygen atoms in total. The van der Waals surface area contributed by atoms with Crippen LogP contribution in [-0.4, -0.2) is 67.8 Å². The Kier molecular flexibility index (Phi) is 6.74. The Bertz CT molecular complexity index is 769. The summed E-state index contributed by atoms with van der Waals surface area (Å²) in [5.74, 6) is 0.861. The van der Waals surface area contributed by atoms with Crippen molar-refractivity contribution in [2.45, 2.75) is 39.3 Å². The Morgan fingerprint density at radius 1 is 1.37 bits per heavy atom. The van der Waals surface area contributed by atoms with Crippen LogP contribution in [0.25, 0.3) is 10.9 Å². The summed E-state index contributed by atoms with van der Waals surface area (Å²) in [6, 6.07) is 9.40. The lowest BCUT2D eigenvalue weighted by atomic mass is 10.1. The molecule has 2 atom stereocenters. The van der Waals surface area contributed by atoms with Gasteiger partial charge >= 0.3 is 0 Å². The third-order valence-electron chi connectivity index (χ3n) is 5.47. The van der Waals surface area contributed by atoms with E-state index in [-0.39, 0.29) is 0 Å². The van der Waals surface area contributed by atoms with Crippen molar-refractivity contribution in [3.05, 3.63) is 35.5 Å². The van der Waals surface area contributed by atoms with E-state index in [0.29, 0.717) is 12.1 Å². The number of hydrogen-bond donors (Lipinski definition) is 3. The first-order chi connectivity index (χ1) is 13.1. The second kappa shape index (κ2) is 9.24.